The Kier molecular flexibility index (Phi) is 4.21. The van der Waals surface area contributed by atoms with Crippen molar-refractivity contribution in [1.29, 1.82) is 0 Å². The molecule has 1 heterocycles. The van der Waals surface area contributed by atoms with Crippen LogP contribution in [0.4, 0.5) is 8.78 Å². The van der Waals surface area contributed by atoms with Gasteiger partial charge in [0.05, 0.1) is 6.04 Å². The quantitative estimate of drug-likeness (QED) is 0.903. The molecule has 0 aliphatic carbocycles. The van der Waals surface area contributed by atoms with E-state index in [0.717, 1.165) is 31.4 Å². The number of hydrogen-bond donors (Lipinski definition) is 1. The van der Waals surface area contributed by atoms with Crippen LogP contribution in [0, 0.1) is 11.6 Å². The lowest BCUT2D eigenvalue weighted by atomic mass is 10.1. The van der Waals surface area contributed by atoms with Crippen molar-refractivity contribution >= 4 is 0 Å². The fourth-order valence-electron chi connectivity index (χ4n) is 1.69. The van der Waals surface area contributed by atoms with Gasteiger partial charge in [0, 0.05) is 5.56 Å². The third-order valence-corrected chi connectivity index (χ3v) is 2.81. The molecule has 102 valence electrons. The van der Waals surface area contributed by atoms with E-state index in [4.69, 9.17) is 10.3 Å². The molecule has 0 radical (unpaired) electrons. The van der Waals surface area contributed by atoms with E-state index in [0.29, 0.717) is 11.5 Å². The second-order valence-electron chi connectivity index (χ2n) is 4.33. The summed E-state index contributed by atoms with van der Waals surface area (Å²) in [5, 5.41) is 3.73. The van der Waals surface area contributed by atoms with Crippen molar-refractivity contribution in [2.24, 2.45) is 5.73 Å². The molecule has 0 aliphatic rings. The smallest absolute Gasteiger partial charge is 0.243 e. The summed E-state index contributed by atoms with van der Waals surface area (Å²) in [4.78, 5) is 4.11. The largest absolute Gasteiger partial charge is 0.337 e. The minimum Gasteiger partial charge on any atom is -0.337 e. The first-order chi connectivity index (χ1) is 9.11. The molecule has 0 aliphatic heterocycles. The maximum Gasteiger partial charge on any atom is 0.243 e. The third kappa shape index (κ3) is 3.14. The maximum absolute atomic E-state index is 13.1. The molecule has 1 atom stereocenters. The molecule has 2 N–H and O–H groups in total. The highest BCUT2D eigenvalue weighted by Gasteiger charge is 2.16. The molecule has 0 bridgehead atoms. The first-order valence-electron chi connectivity index (χ1n) is 6.16. The van der Waals surface area contributed by atoms with Crippen molar-refractivity contribution < 1.29 is 13.3 Å². The standard InChI is InChI=1S/C13H15F2N3O/c1-2-3-4-11(16)13-17-12(18-19-13)8-5-6-9(14)10(15)7-8/h5-7,11H,2-4,16H2,1H3/t11-/m0/s1. The van der Waals surface area contributed by atoms with E-state index in [9.17, 15) is 8.78 Å². The number of nitrogens with zero attached hydrogens (tertiary/aromatic N) is 2. The highest BCUT2D eigenvalue weighted by atomic mass is 19.2. The van der Waals surface area contributed by atoms with Crippen LogP contribution in [0.15, 0.2) is 22.7 Å². The van der Waals surface area contributed by atoms with Crippen LogP contribution in [0.5, 0.6) is 0 Å². The van der Waals surface area contributed by atoms with Crippen LogP contribution in [-0.4, -0.2) is 10.1 Å². The Morgan fingerprint density at radius 2 is 2.11 bits per heavy atom. The zero-order valence-corrected chi connectivity index (χ0v) is 10.6. The van der Waals surface area contributed by atoms with Crippen LogP contribution in [0.2, 0.25) is 0 Å². The summed E-state index contributed by atoms with van der Waals surface area (Å²) in [5.74, 6) is -1.33. The lowest BCUT2D eigenvalue weighted by Crippen LogP contribution is -2.10. The van der Waals surface area contributed by atoms with E-state index in [1.807, 2.05) is 0 Å². The van der Waals surface area contributed by atoms with E-state index in [1.54, 1.807) is 0 Å². The van der Waals surface area contributed by atoms with Crippen LogP contribution in [0.1, 0.15) is 38.1 Å². The van der Waals surface area contributed by atoms with Gasteiger partial charge in [-0.2, -0.15) is 4.98 Å². The molecule has 1 aromatic carbocycles. The Labute approximate surface area is 109 Å². The zero-order valence-electron chi connectivity index (χ0n) is 10.6. The minimum atomic E-state index is -0.945. The van der Waals surface area contributed by atoms with Crippen LogP contribution >= 0.6 is 0 Å². The highest BCUT2D eigenvalue weighted by molar-refractivity contribution is 5.54. The van der Waals surface area contributed by atoms with Gasteiger partial charge < -0.3 is 10.3 Å². The average molecular weight is 267 g/mol. The molecule has 2 rings (SSSR count). The van der Waals surface area contributed by atoms with Crippen LogP contribution in [-0.2, 0) is 0 Å². The van der Waals surface area contributed by atoms with Crippen LogP contribution < -0.4 is 5.73 Å². The zero-order chi connectivity index (χ0) is 13.8. The Bertz CT molecular complexity index is 557. The Morgan fingerprint density at radius 1 is 1.32 bits per heavy atom. The summed E-state index contributed by atoms with van der Waals surface area (Å²) in [6, 6.07) is 3.12. The minimum absolute atomic E-state index is 0.209. The van der Waals surface area contributed by atoms with Crippen molar-refractivity contribution in [3.05, 3.63) is 35.7 Å². The number of rotatable bonds is 5. The molecular weight excluding hydrogens is 252 g/mol. The van der Waals surface area contributed by atoms with Gasteiger partial charge in [-0.25, -0.2) is 8.78 Å². The van der Waals surface area contributed by atoms with Crippen molar-refractivity contribution in [2.45, 2.75) is 32.2 Å². The van der Waals surface area contributed by atoms with Crippen molar-refractivity contribution in [3.63, 3.8) is 0 Å². The predicted octanol–water partition coefficient (Wildman–Crippen LogP) is 3.20. The van der Waals surface area contributed by atoms with Gasteiger partial charge in [-0.1, -0.05) is 24.9 Å². The summed E-state index contributed by atoms with van der Waals surface area (Å²) in [7, 11) is 0. The van der Waals surface area contributed by atoms with E-state index in [2.05, 4.69) is 17.1 Å². The molecular formula is C13H15F2N3O. The summed E-state index contributed by atoms with van der Waals surface area (Å²) >= 11 is 0. The van der Waals surface area contributed by atoms with Crippen molar-refractivity contribution in [1.82, 2.24) is 10.1 Å². The number of benzene rings is 1. The monoisotopic (exact) mass is 267 g/mol. The van der Waals surface area contributed by atoms with Gasteiger partial charge in [-0.05, 0) is 24.6 Å². The molecule has 0 spiro atoms. The predicted molar refractivity (Wildman–Crippen MR) is 66.1 cm³/mol. The summed E-state index contributed by atoms with van der Waals surface area (Å²) < 4.78 is 31.0. The molecule has 0 amide bonds. The summed E-state index contributed by atoms with van der Waals surface area (Å²) in [6.45, 7) is 2.06. The van der Waals surface area contributed by atoms with E-state index >= 15 is 0 Å². The first kappa shape index (κ1) is 13.6. The Morgan fingerprint density at radius 3 is 2.79 bits per heavy atom. The first-order valence-corrected chi connectivity index (χ1v) is 6.16. The fraction of sp³-hybridized carbons (Fsp3) is 0.385. The normalized spacial score (nSPS) is 12.6. The van der Waals surface area contributed by atoms with Gasteiger partial charge in [-0.15, -0.1) is 0 Å². The van der Waals surface area contributed by atoms with E-state index < -0.39 is 11.6 Å². The average Bonchev–Trinajstić information content (AvgIpc) is 2.89. The number of unbranched alkanes of at least 4 members (excludes halogenated alkanes) is 1. The molecule has 0 unspecified atom stereocenters. The van der Waals surface area contributed by atoms with E-state index in [-0.39, 0.29) is 11.9 Å². The van der Waals surface area contributed by atoms with Crippen LogP contribution in [0.3, 0.4) is 0 Å². The van der Waals surface area contributed by atoms with Gasteiger partial charge in [-0.3, -0.25) is 0 Å². The molecule has 19 heavy (non-hydrogen) atoms. The molecule has 0 fully saturated rings. The second-order valence-corrected chi connectivity index (χ2v) is 4.33. The number of aromatic nitrogens is 2. The molecule has 0 saturated heterocycles. The molecule has 1 aromatic heterocycles. The number of hydrogen-bond acceptors (Lipinski definition) is 4. The summed E-state index contributed by atoms with van der Waals surface area (Å²) in [6.07, 6.45) is 2.73. The van der Waals surface area contributed by atoms with Gasteiger partial charge in [0.1, 0.15) is 0 Å². The van der Waals surface area contributed by atoms with Crippen molar-refractivity contribution in [3.8, 4) is 11.4 Å². The topological polar surface area (TPSA) is 64.9 Å². The molecule has 6 heteroatoms. The molecule has 0 saturated carbocycles. The van der Waals surface area contributed by atoms with Crippen molar-refractivity contribution in [2.75, 3.05) is 0 Å². The Hall–Kier alpha value is -1.82. The van der Waals surface area contributed by atoms with E-state index in [1.165, 1.54) is 6.07 Å². The summed E-state index contributed by atoms with van der Waals surface area (Å²) in [5.41, 5.74) is 6.25. The van der Waals surface area contributed by atoms with Gasteiger partial charge in [0.25, 0.3) is 0 Å². The Balaban J connectivity index is 2.18. The van der Waals surface area contributed by atoms with Crippen LogP contribution in [0.25, 0.3) is 11.4 Å². The molecule has 2 aromatic rings. The van der Waals surface area contributed by atoms with Gasteiger partial charge in [0.2, 0.25) is 11.7 Å². The van der Waals surface area contributed by atoms with Gasteiger partial charge in [0.15, 0.2) is 11.6 Å². The number of halogens is 2. The second kappa shape index (κ2) is 5.88. The lowest BCUT2D eigenvalue weighted by molar-refractivity contribution is 0.346. The lowest BCUT2D eigenvalue weighted by Gasteiger charge is -2.03. The third-order valence-electron chi connectivity index (χ3n) is 2.81. The highest BCUT2D eigenvalue weighted by Crippen LogP contribution is 2.21. The maximum atomic E-state index is 13.1. The molecule has 4 nitrogen and oxygen atoms in total. The number of nitrogens with two attached hydrogens (primary N) is 1. The fourth-order valence-corrected chi connectivity index (χ4v) is 1.69. The van der Waals surface area contributed by atoms with Gasteiger partial charge >= 0.3 is 0 Å². The SMILES string of the molecule is CCCC[C@H](N)c1nc(-c2ccc(F)c(F)c2)no1.